The molecule has 2 heterocycles. The smallest absolute Gasteiger partial charge is 0.251 e. The minimum absolute atomic E-state index is 0.0417. The highest BCUT2D eigenvalue weighted by molar-refractivity contribution is 7.99. The van der Waals surface area contributed by atoms with Crippen molar-refractivity contribution < 1.29 is 4.79 Å². The third-order valence-corrected chi connectivity index (χ3v) is 6.85. The van der Waals surface area contributed by atoms with Gasteiger partial charge in [-0.15, -0.1) is 11.8 Å². The van der Waals surface area contributed by atoms with Crippen LogP contribution in [0.25, 0.3) is 0 Å². The van der Waals surface area contributed by atoms with Crippen molar-refractivity contribution >= 4 is 23.4 Å². The second-order valence-electron chi connectivity index (χ2n) is 8.10. The Morgan fingerprint density at radius 2 is 1.86 bits per heavy atom. The second kappa shape index (κ2) is 9.68. The Labute approximate surface area is 178 Å². The summed E-state index contributed by atoms with van der Waals surface area (Å²) in [6.07, 6.45) is 3.66. The van der Waals surface area contributed by atoms with Crippen molar-refractivity contribution in [3.8, 4) is 0 Å². The summed E-state index contributed by atoms with van der Waals surface area (Å²) in [7, 11) is 0. The minimum Gasteiger partial charge on any atom is -0.365 e. The minimum atomic E-state index is 0.0417. The number of anilines is 1. The first kappa shape index (κ1) is 20.3. The van der Waals surface area contributed by atoms with Crippen molar-refractivity contribution in [1.29, 1.82) is 0 Å². The van der Waals surface area contributed by atoms with E-state index in [0.717, 1.165) is 43.9 Å². The maximum Gasteiger partial charge on any atom is 0.251 e. The van der Waals surface area contributed by atoms with Crippen molar-refractivity contribution in [2.45, 2.75) is 37.6 Å². The molecule has 2 aliphatic heterocycles. The molecule has 1 amide bonds. The van der Waals surface area contributed by atoms with Gasteiger partial charge in [-0.25, -0.2) is 0 Å². The van der Waals surface area contributed by atoms with Gasteiger partial charge in [-0.1, -0.05) is 29.8 Å². The summed E-state index contributed by atoms with van der Waals surface area (Å²) in [6, 6.07) is 14.9. The molecule has 2 aromatic rings. The summed E-state index contributed by atoms with van der Waals surface area (Å²) in [6.45, 7) is 8.27. The van der Waals surface area contributed by atoms with Crippen LogP contribution in [-0.4, -0.2) is 49.3 Å². The van der Waals surface area contributed by atoms with Crippen LogP contribution in [0.1, 0.15) is 40.7 Å². The quantitative estimate of drug-likeness (QED) is 0.691. The molecule has 4 nitrogen and oxygen atoms in total. The first-order valence-corrected chi connectivity index (χ1v) is 11.8. The van der Waals surface area contributed by atoms with Crippen LogP contribution in [-0.2, 0) is 6.54 Å². The average molecular weight is 410 g/mol. The van der Waals surface area contributed by atoms with E-state index < -0.39 is 0 Å². The lowest BCUT2D eigenvalue weighted by atomic mass is 10.1. The van der Waals surface area contributed by atoms with Crippen LogP contribution in [0.4, 0.5) is 5.69 Å². The fourth-order valence-corrected chi connectivity index (χ4v) is 5.14. The molecule has 1 fully saturated rings. The van der Waals surface area contributed by atoms with Crippen LogP contribution in [0.15, 0.2) is 47.4 Å². The molecule has 0 aromatic heterocycles. The summed E-state index contributed by atoms with van der Waals surface area (Å²) < 4.78 is 0. The van der Waals surface area contributed by atoms with E-state index in [9.17, 15) is 4.79 Å². The van der Waals surface area contributed by atoms with Crippen LogP contribution >= 0.6 is 11.8 Å². The van der Waals surface area contributed by atoms with Gasteiger partial charge in [-0.05, 0) is 69.6 Å². The number of likely N-dealkylation sites (tertiary alicyclic amines) is 1. The Morgan fingerprint density at radius 3 is 2.66 bits per heavy atom. The van der Waals surface area contributed by atoms with E-state index in [2.05, 4.69) is 58.4 Å². The zero-order chi connectivity index (χ0) is 20.1. The average Bonchev–Trinajstić information content (AvgIpc) is 3.26. The number of benzene rings is 2. The summed E-state index contributed by atoms with van der Waals surface area (Å²) in [4.78, 5) is 18.8. The van der Waals surface area contributed by atoms with Crippen molar-refractivity contribution in [3.05, 3.63) is 59.2 Å². The largest absolute Gasteiger partial charge is 0.365 e. The Balaban J connectivity index is 1.37. The lowest BCUT2D eigenvalue weighted by Gasteiger charge is -2.31. The Morgan fingerprint density at radius 1 is 1.07 bits per heavy atom. The zero-order valence-corrected chi connectivity index (χ0v) is 18.1. The van der Waals surface area contributed by atoms with Gasteiger partial charge in [0.2, 0.25) is 0 Å². The number of carbonyl (C=O) groups is 1. The molecule has 5 heteroatoms. The number of aryl methyl sites for hydroxylation is 1. The van der Waals surface area contributed by atoms with Gasteiger partial charge in [0.05, 0.1) is 5.69 Å². The SMILES string of the molecule is Cc1ccc(CN2CCSc3ccc(C(=O)NCCCN4CCCC4)cc32)cc1. The lowest BCUT2D eigenvalue weighted by Crippen LogP contribution is -2.30. The molecule has 154 valence electrons. The molecule has 0 aliphatic carbocycles. The number of hydrogen-bond acceptors (Lipinski definition) is 4. The van der Waals surface area contributed by atoms with Crippen LogP contribution in [0.5, 0.6) is 0 Å². The van der Waals surface area contributed by atoms with E-state index in [1.165, 1.54) is 47.6 Å². The molecule has 1 N–H and O–H groups in total. The standard InChI is InChI=1S/C24H31N3OS/c1-19-5-7-20(8-6-19)18-27-15-16-29-23-10-9-21(17-22(23)27)24(28)25-11-4-14-26-12-2-3-13-26/h5-10,17H,2-4,11-16,18H2,1H3,(H,25,28). The first-order valence-electron chi connectivity index (χ1n) is 10.8. The molecule has 1 saturated heterocycles. The topological polar surface area (TPSA) is 35.6 Å². The molecular formula is C24H31N3OS. The highest BCUT2D eigenvalue weighted by atomic mass is 32.2. The van der Waals surface area contributed by atoms with E-state index in [0.29, 0.717) is 0 Å². The van der Waals surface area contributed by atoms with Gasteiger partial charge < -0.3 is 15.1 Å². The molecule has 0 radical (unpaired) electrons. The lowest BCUT2D eigenvalue weighted by molar-refractivity contribution is 0.0952. The van der Waals surface area contributed by atoms with E-state index >= 15 is 0 Å². The number of nitrogens with zero attached hydrogens (tertiary/aromatic N) is 2. The summed E-state index contributed by atoms with van der Waals surface area (Å²) in [5, 5.41) is 3.11. The Hall–Kier alpha value is -1.98. The van der Waals surface area contributed by atoms with Gasteiger partial charge in [-0.2, -0.15) is 0 Å². The molecule has 0 bridgehead atoms. The summed E-state index contributed by atoms with van der Waals surface area (Å²) >= 11 is 1.88. The monoisotopic (exact) mass is 409 g/mol. The van der Waals surface area contributed by atoms with Crippen molar-refractivity contribution in [3.63, 3.8) is 0 Å². The fourth-order valence-electron chi connectivity index (χ4n) is 4.11. The maximum absolute atomic E-state index is 12.7. The Kier molecular flexibility index (Phi) is 6.78. The van der Waals surface area contributed by atoms with Crippen molar-refractivity contribution in [2.24, 2.45) is 0 Å². The van der Waals surface area contributed by atoms with Crippen LogP contribution < -0.4 is 10.2 Å². The van der Waals surface area contributed by atoms with E-state index in [4.69, 9.17) is 0 Å². The molecule has 0 spiro atoms. The van der Waals surface area contributed by atoms with Crippen molar-refractivity contribution in [1.82, 2.24) is 10.2 Å². The van der Waals surface area contributed by atoms with Gasteiger partial charge >= 0.3 is 0 Å². The summed E-state index contributed by atoms with van der Waals surface area (Å²) in [5.74, 6) is 1.13. The Bertz CT molecular complexity index is 831. The number of hydrogen-bond donors (Lipinski definition) is 1. The second-order valence-corrected chi connectivity index (χ2v) is 9.23. The molecule has 4 rings (SSSR count). The maximum atomic E-state index is 12.7. The number of nitrogens with one attached hydrogen (secondary N) is 1. The summed E-state index contributed by atoms with van der Waals surface area (Å²) in [5.41, 5.74) is 4.55. The van der Waals surface area contributed by atoms with Crippen LogP contribution in [0, 0.1) is 6.92 Å². The zero-order valence-electron chi connectivity index (χ0n) is 17.3. The molecule has 2 aliphatic rings. The van der Waals surface area contributed by atoms with Gasteiger partial charge in [0.25, 0.3) is 5.91 Å². The van der Waals surface area contributed by atoms with Gasteiger partial charge in [-0.3, -0.25) is 4.79 Å². The van der Waals surface area contributed by atoms with Crippen LogP contribution in [0.3, 0.4) is 0 Å². The number of amides is 1. The number of fused-ring (bicyclic) bond motifs is 1. The number of rotatable bonds is 7. The first-order chi connectivity index (χ1) is 14.2. The predicted molar refractivity (Wildman–Crippen MR) is 122 cm³/mol. The highest BCUT2D eigenvalue weighted by Crippen LogP contribution is 2.36. The molecule has 0 atom stereocenters. The molecule has 0 saturated carbocycles. The fraction of sp³-hybridized carbons (Fsp3) is 0.458. The van der Waals surface area contributed by atoms with Gasteiger partial charge in [0, 0.05) is 35.8 Å². The third-order valence-electron chi connectivity index (χ3n) is 5.81. The van der Waals surface area contributed by atoms with E-state index in [-0.39, 0.29) is 5.91 Å². The predicted octanol–water partition coefficient (Wildman–Crippen LogP) is 4.32. The number of thioether (sulfide) groups is 1. The van der Waals surface area contributed by atoms with Gasteiger partial charge in [0.1, 0.15) is 0 Å². The van der Waals surface area contributed by atoms with E-state index in [1.807, 2.05) is 17.8 Å². The van der Waals surface area contributed by atoms with Crippen LogP contribution in [0.2, 0.25) is 0 Å². The van der Waals surface area contributed by atoms with Gasteiger partial charge in [0.15, 0.2) is 0 Å². The highest BCUT2D eigenvalue weighted by Gasteiger charge is 2.20. The number of carbonyl (C=O) groups excluding carboxylic acids is 1. The normalized spacial score (nSPS) is 16.7. The molecule has 0 unspecified atom stereocenters. The molecule has 29 heavy (non-hydrogen) atoms. The van der Waals surface area contributed by atoms with Crippen molar-refractivity contribution in [2.75, 3.05) is 43.4 Å². The molecular weight excluding hydrogens is 378 g/mol. The van der Waals surface area contributed by atoms with E-state index in [1.54, 1.807) is 0 Å². The molecule has 2 aromatic carbocycles. The third kappa shape index (κ3) is 5.34.